The van der Waals surface area contributed by atoms with Crippen molar-refractivity contribution in [2.75, 3.05) is 0 Å². The summed E-state index contributed by atoms with van der Waals surface area (Å²) in [5, 5.41) is 0. The van der Waals surface area contributed by atoms with Crippen molar-refractivity contribution in [3.05, 3.63) is 23.7 Å². The topological polar surface area (TPSA) is 39.2 Å². The molecule has 1 atom stereocenters. The van der Waals surface area contributed by atoms with Crippen LogP contribution >= 0.6 is 0 Å². The minimum atomic E-state index is 0.221. The molecule has 1 unspecified atom stereocenters. The number of hydrogen-bond donors (Lipinski definition) is 1. The normalized spacial score (nSPS) is 19.5. The van der Waals surface area contributed by atoms with Crippen LogP contribution in [0.1, 0.15) is 37.1 Å². The zero-order chi connectivity index (χ0) is 8.55. The molecule has 0 aromatic carbocycles. The van der Waals surface area contributed by atoms with Gasteiger partial charge in [0.15, 0.2) is 0 Å². The third kappa shape index (κ3) is 1.27. The molecule has 2 heteroatoms. The summed E-state index contributed by atoms with van der Waals surface area (Å²) < 4.78 is 5.33. The van der Waals surface area contributed by atoms with E-state index in [1.807, 2.05) is 6.07 Å². The van der Waals surface area contributed by atoms with Gasteiger partial charge in [-0.25, -0.2) is 0 Å². The zero-order valence-electron chi connectivity index (χ0n) is 7.42. The Morgan fingerprint density at radius 2 is 2.42 bits per heavy atom. The van der Waals surface area contributed by atoms with Crippen molar-refractivity contribution >= 4 is 0 Å². The molecule has 1 aromatic rings. The van der Waals surface area contributed by atoms with Gasteiger partial charge >= 0.3 is 0 Å². The third-order valence-electron chi connectivity index (χ3n) is 2.59. The van der Waals surface area contributed by atoms with Crippen LogP contribution in [0, 0.1) is 5.92 Å². The Morgan fingerprint density at radius 3 is 3.00 bits per heavy atom. The van der Waals surface area contributed by atoms with E-state index < -0.39 is 0 Å². The van der Waals surface area contributed by atoms with Crippen LogP contribution in [0.15, 0.2) is 16.7 Å². The Labute approximate surface area is 72.7 Å². The molecular weight excluding hydrogens is 150 g/mol. The summed E-state index contributed by atoms with van der Waals surface area (Å²) in [5.41, 5.74) is 7.28. The van der Waals surface area contributed by atoms with Gasteiger partial charge in [0.1, 0.15) is 5.76 Å². The summed E-state index contributed by atoms with van der Waals surface area (Å²) in [6.07, 6.45) is 5.27. The lowest BCUT2D eigenvalue weighted by Gasteiger charge is -2.08. The van der Waals surface area contributed by atoms with Gasteiger partial charge in [-0.05, 0) is 24.8 Å². The molecule has 12 heavy (non-hydrogen) atoms. The lowest BCUT2D eigenvalue weighted by molar-refractivity contribution is 0.500. The van der Waals surface area contributed by atoms with Crippen molar-refractivity contribution in [3.63, 3.8) is 0 Å². The van der Waals surface area contributed by atoms with Crippen LogP contribution < -0.4 is 5.73 Å². The molecular formula is C10H15NO. The summed E-state index contributed by atoms with van der Waals surface area (Å²) in [4.78, 5) is 0. The SMILES string of the molecule is CCc1occc1C(N)C1CC1. The van der Waals surface area contributed by atoms with Crippen LogP contribution in [0.4, 0.5) is 0 Å². The monoisotopic (exact) mass is 165 g/mol. The van der Waals surface area contributed by atoms with E-state index in [0.717, 1.165) is 12.2 Å². The Balaban J connectivity index is 2.19. The van der Waals surface area contributed by atoms with Crippen molar-refractivity contribution < 1.29 is 4.42 Å². The van der Waals surface area contributed by atoms with Crippen molar-refractivity contribution in [2.45, 2.75) is 32.2 Å². The van der Waals surface area contributed by atoms with Crippen molar-refractivity contribution in [3.8, 4) is 0 Å². The predicted molar refractivity (Wildman–Crippen MR) is 47.7 cm³/mol. The fraction of sp³-hybridized carbons (Fsp3) is 0.600. The Bertz CT molecular complexity index is 263. The second-order valence-corrected chi connectivity index (χ2v) is 3.52. The minimum Gasteiger partial charge on any atom is -0.469 e. The van der Waals surface area contributed by atoms with E-state index in [-0.39, 0.29) is 6.04 Å². The molecule has 66 valence electrons. The first-order valence-electron chi connectivity index (χ1n) is 4.64. The van der Waals surface area contributed by atoms with E-state index >= 15 is 0 Å². The van der Waals surface area contributed by atoms with Crippen molar-refractivity contribution in [1.29, 1.82) is 0 Å². The number of nitrogens with two attached hydrogens (primary N) is 1. The second kappa shape index (κ2) is 2.94. The molecule has 1 heterocycles. The second-order valence-electron chi connectivity index (χ2n) is 3.52. The van der Waals surface area contributed by atoms with Crippen LogP contribution in [0.2, 0.25) is 0 Å². The van der Waals surface area contributed by atoms with Gasteiger partial charge in [0.05, 0.1) is 6.26 Å². The quantitative estimate of drug-likeness (QED) is 0.746. The molecule has 1 aromatic heterocycles. The van der Waals surface area contributed by atoms with Crippen LogP contribution in [0.25, 0.3) is 0 Å². The molecule has 0 aliphatic heterocycles. The molecule has 2 nitrogen and oxygen atoms in total. The molecule has 0 radical (unpaired) electrons. The Hall–Kier alpha value is -0.760. The number of aryl methyl sites for hydroxylation is 1. The highest BCUT2D eigenvalue weighted by molar-refractivity contribution is 5.23. The van der Waals surface area contributed by atoms with Crippen molar-refractivity contribution in [2.24, 2.45) is 11.7 Å². The van der Waals surface area contributed by atoms with Crippen LogP contribution in [-0.4, -0.2) is 0 Å². The van der Waals surface area contributed by atoms with E-state index in [4.69, 9.17) is 10.2 Å². The van der Waals surface area contributed by atoms with Gasteiger partial charge in [-0.15, -0.1) is 0 Å². The first-order valence-corrected chi connectivity index (χ1v) is 4.64. The highest BCUT2D eigenvalue weighted by Crippen LogP contribution is 2.40. The molecule has 1 fully saturated rings. The molecule has 0 amide bonds. The fourth-order valence-electron chi connectivity index (χ4n) is 1.64. The smallest absolute Gasteiger partial charge is 0.108 e. The van der Waals surface area contributed by atoms with Crippen LogP contribution in [-0.2, 0) is 6.42 Å². The summed E-state index contributed by atoms with van der Waals surface area (Å²) in [7, 11) is 0. The highest BCUT2D eigenvalue weighted by Gasteiger charge is 2.31. The molecule has 2 rings (SSSR count). The average Bonchev–Trinajstić information content (AvgIpc) is 2.82. The van der Waals surface area contributed by atoms with Gasteiger partial charge in [0.2, 0.25) is 0 Å². The van der Waals surface area contributed by atoms with Gasteiger partial charge in [-0.2, -0.15) is 0 Å². The van der Waals surface area contributed by atoms with Crippen molar-refractivity contribution in [1.82, 2.24) is 0 Å². The number of hydrogen-bond acceptors (Lipinski definition) is 2. The maximum atomic E-state index is 6.06. The van der Waals surface area contributed by atoms with E-state index in [9.17, 15) is 0 Å². The lowest BCUT2D eigenvalue weighted by Crippen LogP contribution is -2.12. The maximum Gasteiger partial charge on any atom is 0.108 e. The molecule has 0 spiro atoms. The Kier molecular flexibility index (Phi) is 1.93. The minimum absolute atomic E-state index is 0.221. The Morgan fingerprint density at radius 1 is 1.67 bits per heavy atom. The van der Waals surface area contributed by atoms with Crippen LogP contribution in [0.5, 0.6) is 0 Å². The summed E-state index contributed by atoms with van der Waals surface area (Å²) in [5.74, 6) is 1.78. The molecule has 1 saturated carbocycles. The summed E-state index contributed by atoms with van der Waals surface area (Å²) in [6.45, 7) is 2.10. The molecule has 1 aliphatic rings. The van der Waals surface area contributed by atoms with E-state index in [2.05, 4.69) is 6.92 Å². The largest absolute Gasteiger partial charge is 0.469 e. The average molecular weight is 165 g/mol. The maximum absolute atomic E-state index is 6.06. The van der Waals surface area contributed by atoms with Gasteiger partial charge in [0.25, 0.3) is 0 Å². The molecule has 0 saturated heterocycles. The predicted octanol–water partition coefficient (Wildman–Crippen LogP) is 2.25. The van der Waals surface area contributed by atoms with Crippen LogP contribution in [0.3, 0.4) is 0 Å². The van der Waals surface area contributed by atoms with Gasteiger partial charge in [0, 0.05) is 18.0 Å². The number of furan rings is 1. The standard InChI is InChI=1S/C10H15NO/c1-2-9-8(5-6-12-9)10(11)7-3-4-7/h5-7,10H,2-4,11H2,1H3. The van der Waals surface area contributed by atoms with Gasteiger partial charge in [-0.3, -0.25) is 0 Å². The first kappa shape index (κ1) is 7.87. The third-order valence-corrected chi connectivity index (χ3v) is 2.59. The fourth-order valence-corrected chi connectivity index (χ4v) is 1.64. The van der Waals surface area contributed by atoms with E-state index in [1.54, 1.807) is 6.26 Å². The summed E-state index contributed by atoms with van der Waals surface area (Å²) >= 11 is 0. The lowest BCUT2D eigenvalue weighted by atomic mass is 10.0. The zero-order valence-corrected chi connectivity index (χ0v) is 7.42. The van der Waals surface area contributed by atoms with Gasteiger partial charge < -0.3 is 10.2 Å². The highest BCUT2D eigenvalue weighted by atomic mass is 16.3. The van der Waals surface area contributed by atoms with E-state index in [1.165, 1.54) is 18.4 Å². The summed E-state index contributed by atoms with van der Waals surface area (Å²) in [6, 6.07) is 2.24. The van der Waals surface area contributed by atoms with E-state index in [0.29, 0.717) is 5.92 Å². The van der Waals surface area contributed by atoms with Gasteiger partial charge in [-0.1, -0.05) is 6.92 Å². The molecule has 0 bridgehead atoms. The molecule has 2 N–H and O–H groups in total. The number of rotatable bonds is 3. The molecule has 1 aliphatic carbocycles. The first-order chi connectivity index (χ1) is 5.83.